The molecule has 1 heterocycles. The molecule has 5 heteroatoms. The van der Waals surface area contributed by atoms with Gasteiger partial charge in [-0.15, -0.1) is 0 Å². The molecule has 0 N–H and O–H groups in total. The van der Waals surface area contributed by atoms with Crippen molar-refractivity contribution in [1.29, 1.82) is 0 Å². The van der Waals surface area contributed by atoms with Gasteiger partial charge in [-0.25, -0.2) is 9.36 Å². The first-order chi connectivity index (χ1) is 11.3. The summed E-state index contributed by atoms with van der Waals surface area (Å²) in [6, 6.07) is 9.87. The van der Waals surface area contributed by atoms with Crippen LogP contribution in [0.5, 0.6) is 0 Å². The summed E-state index contributed by atoms with van der Waals surface area (Å²) in [5.74, 6) is 0. The molecule has 0 aliphatic carbocycles. The quantitative estimate of drug-likeness (QED) is 0.635. The zero-order valence-electron chi connectivity index (χ0n) is 16.8. The molecule has 0 aliphatic heterocycles. The van der Waals surface area contributed by atoms with Crippen LogP contribution in [0.4, 0.5) is 4.79 Å². The number of para-hydroxylation sites is 1. The second-order valence-corrected chi connectivity index (χ2v) is 13.9. The molecule has 2 rings (SSSR count). The van der Waals surface area contributed by atoms with Gasteiger partial charge < -0.3 is 9.16 Å². The fraction of sp³-hybridized carbons (Fsp3) is 0.550. The number of rotatable bonds is 3. The van der Waals surface area contributed by atoms with E-state index in [2.05, 4.69) is 33.9 Å². The lowest BCUT2D eigenvalue weighted by atomic mass is 10.2. The maximum Gasteiger partial charge on any atom is 0.419 e. The van der Waals surface area contributed by atoms with Gasteiger partial charge in [-0.2, -0.15) is 0 Å². The molecule has 0 aliphatic rings. The smallest absolute Gasteiger partial charge is 0.419 e. The number of aromatic nitrogens is 1. The van der Waals surface area contributed by atoms with Gasteiger partial charge in [-0.3, -0.25) is 0 Å². The second kappa shape index (κ2) is 6.61. The molecular weight excluding hydrogens is 330 g/mol. The summed E-state index contributed by atoms with van der Waals surface area (Å²) >= 11 is 0. The van der Waals surface area contributed by atoms with Crippen LogP contribution >= 0.6 is 0 Å². The third kappa shape index (κ3) is 4.53. The van der Waals surface area contributed by atoms with Crippen molar-refractivity contribution in [3.8, 4) is 0 Å². The van der Waals surface area contributed by atoms with Crippen molar-refractivity contribution in [2.45, 2.75) is 71.9 Å². The van der Waals surface area contributed by atoms with Crippen LogP contribution in [-0.4, -0.2) is 24.6 Å². The second-order valence-electron chi connectivity index (χ2n) is 9.06. The molecule has 0 saturated carbocycles. The van der Waals surface area contributed by atoms with Gasteiger partial charge in [0.05, 0.1) is 17.8 Å². The molecule has 138 valence electrons. The van der Waals surface area contributed by atoms with Crippen molar-refractivity contribution in [1.82, 2.24) is 4.57 Å². The number of hydrogen-bond donors (Lipinski definition) is 0. The standard InChI is InChI=1S/C20H31NO3Si/c1-19(2,3)24-18(22)21-16(13-15-11-9-10-12-17(15)21)14-23-25(7,8)20(4,5)6/h9-13H,14H2,1-8H3. The summed E-state index contributed by atoms with van der Waals surface area (Å²) in [6.45, 7) is 17.1. The van der Waals surface area contributed by atoms with Crippen LogP contribution < -0.4 is 0 Å². The molecule has 2 aromatic rings. The number of carbonyl (C=O) groups is 1. The molecule has 0 saturated heterocycles. The van der Waals surface area contributed by atoms with Gasteiger partial charge in [0.15, 0.2) is 8.32 Å². The van der Waals surface area contributed by atoms with Gasteiger partial charge in [0.1, 0.15) is 5.60 Å². The van der Waals surface area contributed by atoms with Crippen LogP contribution in [0.25, 0.3) is 10.9 Å². The van der Waals surface area contributed by atoms with Gasteiger partial charge >= 0.3 is 6.09 Å². The van der Waals surface area contributed by atoms with Gasteiger partial charge in [0.25, 0.3) is 0 Å². The highest BCUT2D eigenvalue weighted by Crippen LogP contribution is 2.37. The minimum atomic E-state index is -1.91. The van der Waals surface area contributed by atoms with E-state index in [0.29, 0.717) is 6.61 Å². The number of benzene rings is 1. The Hall–Kier alpha value is -1.59. The molecule has 0 bridgehead atoms. The average molecular weight is 362 g/mol. The van der Waals surface area contributed by atoms with Crippen molar-refractivity contribution in [2.24, 2.45) is 0 Å². The normalized spacial score (nSPS) is 13.3. The summed E-state index contributed by atoms with van der Waals surface area (Å²) in [4.78, 5) is 12.8. The van der Waals surface area contributed by atoms with Crippen molar-refractivity contribution < 1.29 is 14.0 Å². The molecule has 1 aromatic carbocycles. The first kappa shape index (κ1) is 19.7. The third-order valence-corrected chi connectivity index (χ3v) is 9.23. The molecule has 0 fully saturated rings. The fourth-order valence-corrected chi connectivity index (χ4v) is 3.25. The first-order valence-corrected chi connectivity index (χ1v) is 11.7. The van der Waals surface area contributed by atoms with E-state index < -0.39 is 13.9 Å². The Balaban J connectivity index is 2.39. The van der Waals surface area contributed by atoms with E-state index in [1.807, 2.05) is 51.1 Å². The summed E-state index contributed by atoms with van der Waals surface area (Å²) < 4.78 is 13.6. The largest absolute Gasteiger partial charge is 0.443 e. The Morgan fingerprint density at radius 2 is 1.68 bits per heavy atom. The Labute approximate surface area is 152 Å². The molecule has 0 amide bonds. The highest BCUT2D eigenvalue weighted by molar-refractivity contribution is 6.74. The topological polar surface area (TPSA) is 40.5 Å². The number of fused-ring (bicyclic) bond motifs is 1. The molecular formula is C20H31NO3Si. The maximum absolute atomic E-state index is 12.8. The van der Waals surface area contributed by atoms with Crippen LogP contribution in [0.15, 0.2) is 30.3 Å². The maximum atomic E-state index is 12.8. The zero-order chi connectivity index (χ0) is 19.0. The van der Waals surface area contributed by atoms with Crippen molar-refractivity contribution in [3.63, 3.8) is 0 Å². The number of carbonyl (C=O) groups excluding carboxylic acids is 1. The Morgan fingerprint density at radius 1 is 1.08 bits per heavy atom. The van der Waals surface area contributed by atoms with Crippen LogP contribution in [0.3, 0.4) is 0 Å². The molecule has 25 heavy (non-hydrogen) atoms. The first-order valence-electron chi connectivity index (χ1n) is 8.78. The van der Waals surface area contributed by atoms with Crippen LogP contribution in [0, 0.1) is 0 Å². The molecule has 0 spiro atoms. The highest BCUT2D eigenvalue weighted by Gasteiger charge is 2.37. The Morgan fingerprint density at radius 3 is 2.24 bits per heavy atom. The van der Waals surface area contributed by atoms with Crippen molar-refractivity contribution in [3.05, 3.63) is 36.0 Å². The third-order valence-electron chi connectivity index (χ3n) is 4.75. The SMILES string of the molecule is CC(C)(C)OC(=O)n1c(CO[Si](C)(C)C(C)(C)C)cc2ccccc21. The van der Waals surface area contributed by atoms with E-state index in [1.54, 1.807) is 4.57 Å². The predicted molar refractivity (Wildman–Crippen MR) is 106 cm³/mol. The summed E-state index contributed by atoms with van der Waals surface area (Å²) in [5.41, 5.74) is 1.14. The summed E-state index contributed by atoms with van der Waals surface area (Å²) in [5, 5.41) is 1.14. The number of ether oxygens (including phenoxy) is 1. The lowest BCUT2D eigenvalue weighted by Gasteiger charge is -2.36. The molecule has 0 unspecified atom stereocenters. The van der Waals surface area contributed by atoms with E-state index in [4.69, 9.17) is 9.16 Å². The zero-order valence-corrected chi connectivity index (χ0v) is 17.8. The number of nitrogens with zero attached hydrogens (tertiary/aromatic N) is 1. The lowest BCUT2D eigenvalue weighted by molar-refractivity contribution is 0.0534. The van der Waals surface area contributed by atoms with E-state index >= 15 is 0 Å². The molecule has 0 atom stereocenters. The molecule has 1 aromatic heterocycles. The van der Waals surface area contributed by atoms with Crippen LogP contribution in [0.1, 0.15) is 47.2 Å². The fourth-order valence-electron chi connectivity index (χ4n) is 2.31. The van der Waals surface area contributed by atoms with E-state index in [9.17, 15) is 4.79 Å². The summed E-state index contributed by atoms with van der Waals surface area (Å²) in [7, 11) is -1.91. The Bertz CT molecular complexity index is 763. The average Bonchev–Trinajstić information content (AvgIpc) is 2.80. The van der Waals surface area contributed by atoms with E-state index in [1.165, 1.54) is 0 Å². The lowest BCUT2D eigenvalue weighted by Crippen LogP contribution is -2.40. The van der Waals surface area contributed by atoms with Crippen LogP contribution in [0.2, 0.25) is 18.1 Å². The van der Waals surface area contributed by atoms with Gasteiger partial charge in [-0.1, -0.05) is 39.0 Å². The predicted octanol–water partition coefficient (Wildman–Crippen LogP) is 5.95. The highest BCUT2D eigenvalue weighted by atomic mass is 28.4. The minimum absolute atomic E-state index is 0.121. The molecule has 4 nitrogen and oxygen atoms in total. The number of hydrogen-bond acceptors (Lipinski definition) is 3. The van der Waals surface area contributed by atoms with Crippen LogP contribution in [-0.2, 0) is 15.8 Å². The molecule has 0 radical (unpaired) electrons. The monoisotopic (exact) mass is 361 g/mol. The van der Waals surface area contributed by atoms with Crippen molar-refractivity contribution >= 4 is 25.3 Å². The van der Waals surface area contributed by atoms with Crippen molar-refractivity contribution in [2.75, 3.05) is 0 Å². The van der Waals surface area contributed by atoms with E-state index in [-0.39, 0.29) is 11.1 Å². The summed E-state index contributed by atoms with van der Waals surface area (Å²) in [6.07, 6.45) is -0.359. The van der Waals surface area contributed by atoms with Gasteiger partial charge in [0.2, 0.25) is 0 Å². The minimum Gasteiger partial charge on any atom is -0.443 e. The van der Waals surface area contributed by atoms with Gasteiger partial charge in [-0.05, 0) is 51.0 Å². The Kier molecular flexibility index (Phi) is 5.22. The van der Waals surface area contributed by atoms with E-state index in [0.717, 1.165) is 16.6 Å². The van der Waals surface area contributed by atoms with Gasteiger partial charge in [0, 0.05) is 5.39 Å².